The summed E-state index contributed by atoms with van der Waals surface area (Å²) in [6, 6.07) is 6.04. The van der Waals surface area contributed by atoms with Crippen molar-refractivity contribution < 1.29 is 4.79 Å². The summed E-state index contributed by atoms with van der Waals surface area (Å²) in [7, 11) is 0. The largest absolute Gasteiger partial charge is 0.307 e. The second kappa shape index (κ2) is 4.23. The first-order valence-corrected chi connectivity index (χ1v) is 6.46. The minimum absolute atomic E-state index is 0.245. The van der Waals surface area contributed by atoms with Gasteiger partial charge in [0.2, 0.25) is 0 Å². The Morgan fingerprint density at radius 1 is 1.53 bits per heavy atom. The minimum atomic E-state index is 0.245. The summed E-state index contributed by atoms with van der Waals surface area (Å²) in [6.07, 6.45) is 3.04. The van der Waals surface area contributed by atoms with Crippen LogP contribution in [0.2, 0.25) is 0 Å². The Hall–Kier alpha value is -1.20. The number of halogens is 1. The van der Waals surface area contributed by atoms with E-state index in [2.05, 4.69) is 26.2 Å². The molecule has 1 aliphatic rings. The molecule has 1 saturated heterocycles. The van der Waals surface area contributed by atoms with E-state index in [1.165, 1.54) is 0 Å². The van der Waals surface area contributed by atoms with Gasteiger partial charge in [0.15, 0.2) is 6.29 Å². The number of aldehydes is 1. The number of carbonyl (C=O) groups excluding carboxylic acids is 1. The summed E-state index contributed by atoms with van der Waals surface area (Å²) in [4.78, 5) is 15.5. The Balaban J connectivity index is 2.26. The van der Waals surface area contributed by atoms with Crippen LogP contribution in [0.4, 0.5) is 0 Å². The second-order valence-corrected chi connectivity index (χ2v) is 5.00. The first kappa shape index (κ1) is 10.9. The molecule has 3 heterocycles. The monoisotopic (exact) mass is 293 g/mol. The van der Waals surface area contributed by atoms with Crippen molar-refractivity contribution in [3.63, 3.8) is 0 Å². The lowest BCUT2D eigenvalue weighted by molar-refractivity contribution is 0.112. The molecule has 5 heteroatoms. The Morgan fingerprint density at radius 3 is 3.12 bits per heavy atom. The summed E-state index contributed by atoms with van der Waals surface area (Å²) < 4.78 is 2.94. The number of imidazole rings is 1. The van der Waals surface area contributed by atoms with Gasteiger partial charge in [-0.05, 0) is 47.4 Å². The number of nitrogens with zero attached hydrogens (tertiary/aromatic N) is 2. The molecule has 4 nitrogen and oxygen atoms in total. The molecule has 0 aromatic carbocycles. The van der Waals surface area contributed by atoms with E-state index < -0.39 is 0 Å². The molecular formula is C12H12BrN3O. The van der Waals surface area contributed by atoms with Crippen molar-refractivity contribution in [3.8, 4) is 0 Å². The van der Waals surface area contributed by atoms with Crippen LogP contribution in [-0.4, -0.2) is 22.2 Å². The van der Waals surface area contributed by atoms with Gasteiger partial charge in [0, 0.05) is 0 Å². The quantitative estimate of drug-likeness (QED) is 0.683. The molecule has 88 valence electrons. The molecule has 0 amide bonds. The van der Waals surface area contributed by atoms with E-state index in [4.69, 9.17) is 0 Å². The number of nitrogens with one attached hydrogen (secondary N) is 1. The second-order valence-electron chi connectivity index (χ2n) is 4.19. The van der Waals surface area contributed by atoms with Crippen LogP contribution in [0, 0.1) is 0 Å². The van der Waals surface area contributed by atoms with Crippen LogP contribution in [0.1, 0.15) is 35.2 Å². The average molecular weight is 294 g/mol. The summed E-state index contributed by atoms with van der Waals surface area (Å²) >= 11 is 3.52. The molecule has 2 aromatic heterocycles. The molecule has 0 aliphatic carbocycles. The third-order valence-electron chi connectivity index (χ3n) is 3.15. The molecule has 0 saturated carbocycles. The van der Waals surface area contributed by atoms with E-state index in [1.54, 1.807) is 0 Å². The Morgan fingerprint density at radius 2 is 2.41 bits per heavy atom. The third kappa shape index (κ3) is 1.70. The maximum atomic E-state index is 11.0. The normalized spacial score (nSPS) is 19.9. The molecule has 0 bridgehead atoms. The van der Waals surface area contributed by atoms with E-state index in [9.17, 15) is 4.79 Å². The Bertz CT molecular complexity index is 572. The first-order valence-electron chi connectivity index (χ1n) is 5.66. The lowest BCUT2D eigenvalue weighted by Gasteiger charge is -2.10. The van der Waals surface area contributed by atoms with E-state index in [1.807, 2.05) is 22.6 Å². The van der Waals surface area contributed by atoms with Crippen molar-refractivity contribution in [1.29, 1.82) is 0 Å². The number of carbonyl (C=O) groups is 1. The molecule has 1 unspecified atom stereocenters. The number of hydrogen-bond acceptors (Lipinski definition) is 3. The number of aromatic nitrogens is 2. The van der Waals surface area contributed by atoms with Gasteiger partial charge >= 0.3 is 0 Å². The highest BCUT2D eigenvalue weighted by Crippen LogP contribution is 2.27. The fraction of sp³-hybridized carbons (Fsp3) is 0.333. The van der Waals surface area contributed by atoms with Crippen LogP contribution < -0.4 is 5.32 Å². The zero-order chi connectivity index (χ0) is 11.8. The van der Waals surface area contributed by atoms with Crippen LogP contribution in [0.25, 0.3) is 5.52 Å². The highest BCUT2D eigenvalue weighted by molar-refractivity contribution is 9.10. The number of pyridine rings is 1. The zero-order valence-corrected chi connectivity index (χ0v) is 10.8. The number of hydrogen-bond donors (Lipinski definition) is 1. The highest BCUT2D eigenvalue weighted by atomic mass is 79.9. The van der Waals surface area contributed by atoms with Crippen LogP contribution in [0.5, 0.6) is 0 Å². The number of fused-ring (bicyclic) bond motifs is 1. The maximum absolute atomic E-state index is 11.0. The fourth-order valence-corrected chi connectivity index (χ4v) is 2.90. The lowest BCUT2D eigenvalue weighted by atomic mass is 10.2. The topological polar surface area (TPSA) is 46.4 Å². The van der Waals surface area contributed by atoms with Crippen molar-refractivity contribution in [2.75, 3.05) is 6.54 Å². The maximum Gasteiger partial charge on any atom is 0.170 e. The van der Waals surface area contributed by atoms with Crippen LogP contribution in [-0.2, 0) is 0 Å². The number of rotatable bonds is 2. The van der Waals surface area contributed by atoms with Crippen molar-refractivity contribution in [2.45, 2.75) is 18.9 Å². The minimum Gasteiger partial charge on any atom is -0.307 e. The van der Waals surface area contributed by atoms with Gasteiger partial charge in [0.05, 0.1) is 16.2 Å². The third-order valence-corrected chi connectivity index (χ3v) is 3.77. The predicted molar refractivity (Wildman–Crippen MR) is 68.3 cm³/mol. The van der Waals surface area contributed by atoms with Gasteiger partial charge < -0.3 is 5.32 Å². The van der Waals surface area contributed by atoms with Crippen LogP contribution >= 0.6 is 15.9 Å². The standard InChI is InChI=1S/C12H12BrN3O/c13-11-5-1-4-10-9(7-17)15-12(16(10)11)8-3-2-6-14-8/h1,4-5,7-8,14H,2-3,6H2. The highest BCUT2D eigenvalue weighted by Gasteiger charge is 2.23. The van der Waals surface area contributed by atoms with E-state index in [0.717, 1.165) is 41.6 Å². The van der Waals surface area contributed by atoms with Crippen molar-refractivity contribution in [1.82, 2.24) is 14.7 Å². The molecule has 1 aliphatic heterocycles. The smallest absolute Gasteiger partial charge is 0.170 e. The summed E-state index contributed by atoms with van der Waals surface area (Å²) in [5.74, 6) is 0.923. The Labute approximate surface area is 107 Å². The zero-order valence-electron chi connectivity index (χ0n) is 9.19. The van der Waals surface area contributed by atoms with Crippen molar-refractivity contribution >= 4 is 27.7 Å². The first-order chi connectivity index (χ1) is 8.31. The SMILES string of the molecule is O=Cc1nc(C2CCCN2)n2c(Br)cccc12. The molecule has 1 fully saturated rings. The lowest BCUT2D eigenvalue weighted by Crippen LogP contribution is -2.16. The molecule has 1 N–H and O–H groups in total. The van der Waals surface area contributed by atoms with E-state index >= 15 is 0 Å². The molecular weight excluding hydrogens is 282 g/mol. The van der Waals surface area contributed by atoms with Gasteiger partial charge in [-0.15, -0.1) is 0 Å². The van der Waals surface area contributed by atoms with Gasteiger partial charge in [0.25, 0.3) is 0 Å². The van der Waals surface area contributed by atoms with Gasteiger partial charge in [-0.3, -0.25) is 9.20 Å². The predicted octanol–water partition coefficient (Wildman–Crippen LogP) is 2.33. The van der Waals surface area contributed by atoms with E-state index in [0.29, 0.717) is 5.69 Å². The molecule has 1 atom stereocenters. The fourth-order valence-electron chi connectivity index (χ4n) is 2.37. The molecule has 0 spiro atoms. The van der Waals surface area contributed by atoms with Gasteiger partial charge in [0.1, 0.15) is 11.5 Å². The summed E-state index contributed by atoms with van der Waals surface area (Å²) in [5, 5.41) is 3.41. The molecule has 3 rings (SSSR count). The average Bonchev–Trinajstić information content (AvgIpc) is 2.95. The van der Waals surface area contributed by atoms with Crippen molar-refractivity contribution in [3.05, 3.63) is 34.3 Å². The summed E-state index contributed by atoms with van der Waals surface area (Å²) in [6.45, 7) is 1.01. The molecule has 0 radical (unpaired) electrons. The summed E-state index contributed by atoms with van der Waals surface area (Å²) in [5.41, 5.74) is 1.37. The van der Waals surface area contributed by atoms with Crippen LogP contribution in [0.15, 0.2) is 22.8 Å². The van der Waals surface area contributed by atoms with Gasteiger partial charge in [-0.1, -0.05) is 6.07 Å². The van der Waals surface area contributed by atoms with Gasteiger partial charge in [-0.2, -0.15) is 0 Å². The van der Waals surface area contributed by atoms with E-state index in [-0.39, 0.29) is 6.04 Å². The molecule has 17 heavy (non-hydrogen) atoms. The molecule has 2 aromatic rings. The van der Waals surface area contributed by atoms with Crippen LogP contribution in [0.3, 0.4) is 0 Å². The Kier molecular flexibility index (Phi) is 2.72. The van der Waals surface area contributed by atoms with Gasteiger partial charge in [-0.25, -0.2) is 4.98 Å². The van der Waals surface area contributed by atoms with Crippen molar-refractivity contribution in [2.24, 2.45) is 0 Å².